The number of nitrogens with one attached hydrogen (secondary N) is 4. The molecule has 1 aromatic rings. The number of likely N-dealkylation sites (N-methyl/N-ethyl adjacent to an activating group) is 1. The van der Waals surface area contributed by atoms with Crippen LogP contribution in [0.15, 0.2) is 30.3 Å². The molecule has 10 nitrogen and oxygen atoms in total. The molecule has 0 unspecified atom stereocenters. The predicted molar refractivity (Wildman–Crippen MR) is 144 cm³/mol. The van der Waals surface area contributed by atoms with E-state index >= 15 is 0 Å². The largest absolute Gasteiger partial charge is 0.351 e. The van der Waals surface area contributed by atoms with Crippen molar-refractivity contribution >= 4 is 23.8 Å². The van der Waals surface area contributed by atoms with Gasteiger partial charge in [0.05, 0.1) is 12.6 Å². The van der Waals surface area contributed by atoms with Crippen LogP contribution in [0.4, 0.5) is 4.79 Å². The molecule has 6 atom stereocenters. The highest BCUT2D eigenvalue weighted by molar-refractivity contribution is 5.94. The first-order valence-corrected chi connectivity index (χ1v) is 14.0. The minimum Gasteiger partial charge on any atom is -0.351 e. The van der Waals surface area contributed by atoms with Gasteiger partial charge in [-0.1, -0.05) is 43.2 Å². The summed E-state index contributed by atoms with van der Waals surface area (Å²) >= 11 is 0. The summed E-state index contributed by atoms with van der Waals surface area (Å²) in [4.78, 5) is 56.1. The molecule has 3 aliphatic rings. The van der Waals surface area contributed by atoms with Gasteiger partial charge in [-0.15, -0.1) is 0 Å². The molecule has 10 heteroatoms. The average molecular weight is 527 g/mol. The zero-order valence-electron chi connectivity index (χ0n) is 22.7. The predicted octanol–water partition coefficient (Wildman–Crippen LogP) is 1.33. The standard InChI is InChI=1S/C28H42N6O4/c1-18(29-2)25(35)32-23-17-33(28(38)30-3)16-15-20-13-14-24(34(20)27(23)37)26(36)31-22-12-8-7-11-21(22)19-9-5-4-6-10-19/h4-6,9-10,18,20-24,29H,7-8,11-17H2,1-3H3,(H,30,38)(H,31,36)(H,32,35)/t18-,20+,21+,22-,23-,24-/m0/s1. The molecule has 1 aliphatic carbocycles. The molecule has 0 bridgehead atoms. The van der Waals surface area contributed by atoms with Crippen LogP contribution < -0.4 is 21.3 Å². The Hall–Kier alpha value is -3.14. The second-order valence-corrected chi connectivity index (χ2v) is 10.8. The van der Waals surface area contributed by atoms with Crippen LogP contribution in [0.1, 0.15) is 63.4 Å². The maximum Gasteiger partial charge on any atom is 0.317 e. The molecule has 4 rings (SSSR count). The fourth-order valence-corrected chi connectivity index (χ4v) is 6.19. The van der Waals surface area contributed by atoms with Crippen molar-refractivity contribution < 1.29 is 19.2 Å². The van der Waals surface area contributed by atoms with E-state index < -0.39 is 18.1 Å². The average Bonchev–Trinajstić information content (AvgIpc) is 3.36. The number of carbonyl (C=O) groups excluding carboxylic acids is 4. The Morgan fingerprint density at radius 1 is 0.947 bits per heavy atom. The Morgan fingerprint density at radius 2 is 1.68 bits per heavy atom. The molecule has 3 fully saturated rings. The Kier molecular flexibility index (Phi) is 9.25. The van der Waals surface area contributed by atoms with Crippen LogP contribution in [0.5, 0.6) is 0 Å². The van der Waals surface area contributed by atoms with Crippen LogP contribution in [0.3, 0.4) is 0 Å². The lowest BCUT2D eigenvalue weighted by Gasteiger charge is -2.39. The third kappa shape index (κ3) is 6.11. The normalized spacial score (nSPS) is 28.5. The Balaban J connectivity index is 1.53. The zero-order valence-corrected chi connectivity index (χ0v) is 22.7. The topological polar surface area (TPSA) is 123 Å². The highest BCUT2D eigenvalue weighted by Gasteiger charge is 2.46. The van der Waals surface area contributed by atoms with Gasteiger partial charge in [-0.2, -0.15) is 0 Å². The number of hydrogen-bond donors (Lipinski definition) is 4. The van der Waals surface area contributed by atoms with E-state index in [1.165, 1.54) is 5.56 Å². The van der Waals surface area contributed by atoms with Gasteiger partial charge >= 0.3 is 6.03 Å². The zero-order chi connectivity index (χ0) is 27.2. The first-order valence-electron chi connectivity index (χ1n) is 14.0. The van der Waals surface area contributed by atoms with Gasteiger partial charge in [-0.3, -0.25) is 14.4 Å². The van der Waals surface area contributed by atoms with Gasteiger partial charge in [0.15, 0.2) is 0 Å². The van der Waals surface area contributed by atoms with E-state index in [0.29, 0.717) is 25.8 Å². The van der Waals surface area contributed by atoms with Gasteiger partial charge in [-0.25, -0.2) is 4.79 Å². The molecule has 2 aliphatic heterocycles. The van der Waals surface area contributed by atoms with Crippen molar-refractivity contribution in [1.82, 2.24) is 31.1 Å². The first-order chi connectivity index (χ1) is 18.3. The number of nitrogens with zero attached hydrogens (tertiary/aromatic N) is 2. The smallest absolute Gasteiger partial charge is 0.317 e. The van der Waals surface area contributed by atoms with Crippen molar-refractivity contribution in [2.24, 2.45) is 0 Å². The van der Waals surface area contributed by atoms with E-state index in [1.54, 1.807) is 30.8 Å². The fraction of sp³-hybridized carbons (Fsp3) is 0.643. The summed E-state index contributed by atoms with van der Waals surface area (Å²) in [6.07, 6.45) is 5.99. The van der Waals surface area contributed by atoms with Crippen LogP contribution in [-0.2, 0) is 14.4 Å². The molecule has 2 saturated heterocycles. The van der Waals surface area contributed by atoms with Gasteiger partial charge < -0.3 is 31.1 Å². The summed E-state index contributed by atoms with van der Waals surface area (Å²) in [5.74, 6) is -0.495. The van der Waals surface area contributed by atoms with Crippen LogP contribution >= 0.6 is 0 Å². The summed E-state index contributed by atoms with van der Waals surface area (Å²) < 4.78 is 0. The number of hydrogen-bond acceptors (Lipinski definition) is 5. The lowest BCUT2D eigenvalue weighted by Crippen LogP contribution is -2.63. The second kappa shape index (κ2) is 12.6. The molecule has 0 radical (unpaired) electrons. The Labute approximate surface area is 225 Å². The van der Waals surface area contributed by atoms with Crippen molar-refractivity contribution in [1.29, 1.82) is 0 Å². The molecular weight excluding hydrogens is 484 g/mol. The molecule has 1 saturated carbocycles. The molecule has 38 heavy (non-hydrogen) atoms. The maximum absolute atomic E-state index is 13.9. The number of amides is 5. The van der Waals surface area contributed by atoms with Crippen LogP contribution in [-0.4, -0.2) is 90.9 Å². The SMILES string of the molecule is CNC(=O)N1CC[C@H]2CC[C@@H](C(=O)N[C@H]3CCCC[C@@H]3c3ccccc3)N2C(=O)[C@@H](NC(=O)[C@H](C)NC)C1. The third-order valence-electron chi connectivity index (χ3n) is 8.46. The number of rotatable bonds is 6. The highest BCUT2D eigenvalue weighted by atomic mass is 16.2. The molecule has 0 spiro atoms. The monoisotopic (exact) mass is 526 g/mol. The second-order valence-electron chi connectivity index (χ2n) is 10.8. The molecular formula is C28H42N6O4. The van der Waals surface area contributed by atoms with E-state index in [9.17, 15) is 19.2 Å². The van der Waals surface area contributed by atoms with E-state index in [0.717, 1.165) is 25.7 Å². The molecule has 208 valence electrons. The quantitative estimate of drug-likeness (QED) is 0.445. The molecule has 0 aromatic heterocycles. The molecule has 5 amide bonds. The van der Waals surface area contributed by atoms with E-state index in [4.69, 9.17) is 0 Å². The molecule has 4 N–H and O–H groups in total. The number of carbonyl (C=O) groups is 4. The lowest BCUT2D eigenvalue weighted by molar-refractivity contribution is -0.145. The van der Waals surface area contributed by atoms with E-state index in [2.05, 4.69) is 33.4 Å². The van der Waals surface area contributed by atoms with Crippen LogP contribution in [0, 0.1) is 0 Å². The maximum atomic E-state index is 13.9. The Morgan fingerprint density at radius 3 is 2.39 bits per heavy atom. The van der Waals surface area contributed by atoms with Gasteiger partial charge in [0, 0.05) is 31.6 Å². The van der Waals surface area contributed by atoms with Crippen molar-refractivity contribution in [3.05, 3.63) is 35.9 Å². The van der Waals surface area contributed by atoms with Gasteiger partial charge in [0.25, 0.3) is 0 Å². The summed E-state index contributed by atoms with van der Waals surface area (Å²) in [5, 5.41) is 11.7. The van der Waals surface area contributed by atoms with Crippen molar-refractivity contribution in [3.63, 3.8) is 0 Å². The molecule has 1 aromatic carbocycles. The van der Waals surface area contributed by atoms with E-state index in [1.807, 2.05) is 18.2 Å². The number of benzene rings is 1. The van der Waals surface area contributed by atoms with Crippen molar-refractivity contribution in [3.8, 4) is 0 Å². The summed E-state index contributed by atoms with van der Waals surface area (Å²) in [5.41, 5.74) is 1.24. The fourth-order valence-electron chi connectivity index (χ4n) is 6.19. The minimum absolute atomic E-state index is 0.0262. The lowest BCUT2D eigenvalue weighted by atomic mass is 9.80. The van der Waals surface area contributed by atoms with Crippen molar-refractivity contribution in [2.75, 3.05) is 27.2 Å². The molecule has 2 heterocycles. The minimum atomic E-state index is -0.932. The summed E-state index contributed by atoms with van der Waals surface area (Å²) in [6, 6.07) is 7.88. The van der Waals surface area contributed by atoms with Gasteiger partial charge in [-0.05, 0) is 51.6 Å². The number of urea groups is 1. The van der Waals surface area contributed by atoms with Crippen molar-refractivity contribution in [2.45, 2.75) is 88.0 Å². The first kappa shape index (κ1) is 27.9. The number of fused-ring (bicyclic) bond motifs is 1. The summed E-state index contributed by atoms with van der Waals surface area (Å²) in [6.45, 7) is 2.20. The highest BCUT2D eigenvalue weighted by Crippen LogP contribution is 2.34. The van der Waals surface area contributed by atoms with E-state index in [-0.39, 0.29) is 48.3 Å². The van der Waals surface area contributed by atoms with Crippen LogP contribution in [0.2, 0.25) is 0 Å². The van der Waals surface area contributed by atoms with Gasteiger partial charge in [0.2, 0.25) is 17.7 Å². The Bertz CT molecular complexity index is 1000. The van der Waals surface area contributed by atoms with Crippen LogP contribution in [0.25, 0.3) is 0 Å². The van der Waals surface area contributed by atoms with Gasteiger partial charge in [0.1, 0.15) is 12.1 Å². The third-order valence-corrected chi connectivity index (χ3v) is 8.46. The summed E-state index contributed by atoms with van der Waals surface area (Å²) in [7, 11) is 3.22.